The molecule has 1 aromatic rings. The zero-order chi connectivity index (χ0) is 19.1. The molecular formula is C15H16BN3O6S. The van der Waals surface area contributed by atoms with Crippen LogP contribution in [0.2, 0.25) is 0 Å². The van der Waals surface area contributed by atoms with Crippen molar-refractivity contribution >= 4 is 47.6 Å². The summed E-state index contributed by atoms with van der Waals surface area (Å²) in [5, 5.41) is 29.2. The van der Waals surface area contributed by atoms with E-state index in [1.165, 1.54) is 19.4 Å². The molecule has 0 saturated carbocycles. The van der Waals surface area contributed by atoms with Crippen molar-refractivity contribution in [2.24, 2.45) is 10.2 Å². The van der Waals surface area contributed by atoms with Gasteiger partial charge in [-0.05, 0) is 42.4 Å². The number of amides is 1. The average molecular weight is 377 g/mol. The summed E-state index contributed by atoms with van der Waals surface area (Å²) in [5.74, 6) is -0.750. The van der Waals surface area contributed by atoms with Crippen LogP contribution in [-0.4, -0.2) is 54.1 Å². The Labute approximate surface area is 153 Å². The number of carbonyl (C=O) groups excluding carboxylic acids is 2. The molecule has 2 rings (SSSR count). The van der Waals surface area contributed by atoms with Crippen molar-refractivity contribution in [1.29, 1.82) is 0 Å². The van der Waals surface area contributed by atoms with E-state index in [4.69, 9.17) is 4.74 Å². The molecule has 1 fully saturated rings. The largest absolute Gasteiger partial charge is 0.494 e. The fraction of sp³-hybridized carbons (Fsp3) is 0.200. The van der Waals surface area contributed by atoms with Gasteiger partial charge in [-0.3, -0.25) is 10.1 Å². The molecule has 1 aromatic carbocycles. The van der Waals surface area contributed by atoms with E-state index in [2.05, 4.69) is 20.3 Å². The lowest BCUT2D eigenvalue weighted by Crippen LogP contribution is -2.31. The normalized spacial score (nSPS) is 17.0. The summed E-state index contributed by atoms with van der Waals surface area (Å²) in [5.41, 5.74) is 0.760. The van der Waals surface area contributed by atoms with Crippen molar-refractivity contribution in [2.45, 2.75) is 6.92 Å². The fourth-order valence-electron chi connectivity index (χ4n) is 1.93. The van der Waals surface area contributed by atoms with E-state index in [1.807, 2.05) is 0 Å². The second-order valence-electron chi connectivity index (χ2n) is 4.84. The summed E-state index contributed by atoms with van der Waals surface area (Å²) in [4.78, 5) is 23.0. The lowest BCUT2D eigenvalue weighted by atomic mass is 9.79. The zero-order valence-electron chi connectivity index (χ0n) is 14.0. The number of thioether (sulfide) groups is 1. The van der Waals surface area contributed by atoms with E-state index in [1.54, 1.807) is 19.1 Å². The quantitative estimate of drug-likeness (QED) is 0.198. The van der Waals surface area contributed by atoms with Gasteiger partial charge in [0, 0.05) is 11.5 Å². The van der Waals surface area contributed by atoms with E-state index in [0.29, 0.717) is 17.9 Å². The molecule has 1 amide bonds. The first-order chi connectivity index (χ1) is 12.4. The SMILES string of the molecule is CCOc1ccc(C=N/N=C2/NC(=O)/C(=C\C(=O)OC)S2)cc1B(O)O. The van der Waals surface area contributed by atoms with Gasteiger partial charge in [0.25, 0.3) is 5.91 Å². The van der Waals surface area contributed by atoms with Crippen LogP contribution in [0.15, 0.2) is 39.4 Å². The number of ether oxygens (including phenoxy) is 2. The van der Waals surface area contributed by atoms with Crippen LogP contribution in [0.25, 0.3) is 0 Å². The molecule has 0 radical (unpaired) electrons. The van der Waals surface area contributed by atoms with Gasteiger partial charge in [-0.15, -0.1) is 5.10 Å². The molecule has 136 valence electrons. The standard InChI is InChI=1S/C15H16BN3O6S/c1-3-25-11-5-4-9(6-10(11)16(22)23)8-17-19-15-18-14(21)12(26-15)7-13(20)24-2/h4-8,22-23H,3H2,1-2H3,(H,18,19,21)/b12-7+,17-8?. The Balaban J connectivity index is 2.12. The third kappa shape index (κ3) is 5.18. The number of carbonyl (C=O) groups is 2. The maximum absolute atomic E-state index is 11.7. The zero-order valence-corrected chi connectivity index (χ0v) is 14.8. The first kappa shape index (κ1) is 19.7. The number of amidine groups is 1. The summed E-state index contributed by atoms with van der Waals surface area (Å²) in [6, 6.07) is 4.77. The van der Waals surface area contributed by atoms with E-state index >= 15 is 0 Å². The Kier molecular flexibility index (Phi) is 6.95. The minimum absolute atomic E-state index is 0.151. The molecule has 0 bridgehead atoms. The Morgan fingerprint density at radius 3 is 2.85 bits per heavy atom. The molecule has 26 heavy (non-hydrogen) atoms. The number of hydrogen-bond acceptors (Lipinski definition) is 9. The summed E-state index contributed by atoms with van der Waals surface area (Å²) < 4.78 is 9.78. The van der Waals surface area contributed by atoms with E-state index < -0.39 is 19.0 Å². The van der Waals surface area contributed by atoms with Crippen LogP contribution in [0.5, 0.6) is 5.75 Å². The minimum atomic E-state index is -1.69. The number of esters is 1. The maximum atomic E-state index is 11.7. The molecule has 1 heterocycles. The van der Waals surface area contributed by atoms with Gasteiger partial charge in [-0.1, -0.05) is 0 Å². The Bertz CT molecular complexity index is 794. The molecule has 0 atom stereocenters. The molecule has 3 N–H and O–H groups in total. The van der Waals surface area contributed by atoms with Crippen LogP contribution in [0, 0.1) is 0 Å². The van der Waals surface area contributed by atoms with E-state index in [-0.39, 0.29) is 15.5 Å². The highest BCUT2D eigenvalue weighted by Gasteiger charge is 2.25. The van der Waals surface area contributed by atoms with Gasteiger partial charge < -0.3 is 19.5 Å². The van der Waals surface area contributed by atoms with Crippen molar-refractivity contribution < 1.29 is 29.1 Å². The van der Waals surface area contributed by atoms with Gasteiger partial charge in [0.1, 0.15) is 5.75 Å². The third-order valence-electron chi connectivity index (χ3n) is 3.07. The van der Waals surface area contributed by atoms with Gasteiger partial charge in [-0.25, -0.2) is 4.79 Å². The van der Waals surface area contributed by atoms with Crippen LogP contribution in [0.4, 0.5) is 0 Å². The second kappa shape index (κ2) is 9.18. The van der Waals surface area contributed by atoms with Crippen LogP contribution < -0.4 is 15.5 Å². The highest BCUT2D eigenvalue weighted by atomic mass is 32.2. The number of benzene rings is 1. The summed E-state index contributed by atoms with van der Waals surface area (Å²) in [6.07, 6.45) is 2.44. The number of nitrogens with one attached hydrogen (secondary N) is 1. The number of hydrogen-bond donors (Lipinski definition) is 3. The molecule has 0 aliphatic carbocycles. The summed E-state index contributed by atoms with van der Waals surface area (Å²) >= 11 is 0.951. The monoisotopic (exact) mass is 377 g/mol. The molecule has 1 aliphatic rings. The minimum Gasteiger partial charge on any atom is -0.494 e. The van der Waals surface area contributed by atoms with Crippen LogP contribution in [0.1, 0.15) is 12.5 Å². The number of nitrogens with zero attached hydrogens (tertiary/aromatic N) is 2. The second-order valence-corrected chi connectivity index (χ2v) is 5.87. The molecule has 1 saturated heterocycles. The van der Waals surface area contributed by atoms with Crippen molar-refractivity contribution in [3.63, 3.8) is 0 Å². The predicted octanol–water partition coefficient (Wildman–Crippen LogP) is -0.625. The summed E-state index contributed by atoms with van der Waals surface area (Å²) in [6.45, 7) is 2.18. The Morgan fingerprint density at radius 1 is 1.42 bits per heavy atom. The first-order valence-corrected chi connectivity index (χ1v) is 8.29. The van der Waals surface area contributed by atoms with E-state index in [0.717, 1.165) is 17.8 Å². The molecule has 9 nitrogen and oxygen atoms in total. The molecule has 11 heteroatoms. The maximum Gasteiger partial charge on any atom is 0.492 e. The van der Waals surface area contributed by atoms with E-state index in [9.17, 15) is 19.6 Å². The van der Waals surface area contributed by atoms with Gasteiger partial charge in [0.2, 0.25) is 0 Å². The molecule has 0 spiro atoms. The first-order valence-electron chi connectivity index (χ1n) is 7.47. The third-order valence-corrected chi connectivity index (χ3v) is 3.97. The van der Waals surface area contributed by atoms with Gasteiger partial charge in [0.05, 0.1) is 24.8 Å². The van der Waals surface area contributed by atoms with Crippen molar-refractivity contribution in [2.75, 3.05) is 13.7 Å². The number of methoxy groups -OCH3 is 1. The Morgan fingerprint density at radius 2 is 2.19 bits per heavy atom. The smallest absolute Gasteiger partial charge is 0.492 e. The topological polar surface area (TPSA) is 130 Å². The Hall–Kier alpha value is -2.63. The molecule has 1 aliphatic heterocycles. The lowest BCUT2D eigenvalue weighted by molar-refractivity contribution is -0.135. The highest BCUT2D eigenvalue weighted by molar-refractivity contribution is 8.18. The molecular weight excluding hydrogens is 361 g/mol. The predicted molar refractivity (Wildman–Crippen MR) is 98.3 cm³/mol. The van der Waals surface area contributed by atoms with Crippen molar-refractivity contribution in [1.82, 2.24) is 5.32 Å². The highest BCUT2D eigenvalue weighted by Crippen LogP contribution is 2.23. The average Bonchev–Trinajstić information content (AvgIpc) is 2.95. The van der Waals surface area contributed by atoms with Crippen LogP contribution >= 0.6 is 11.8 Å². The lowest BCUT2D eigenvalue weighted by Gasteiger charge is -2.09. The van der Waals surface area contributed by atoms with Crippen LogP contribution in [-0.2, 0) is 14.3 Å². The molecule has 0 aromatic heterocycles. The van der Waals surface area contributed by atoms with Gasteiger partial charge >= 0.3 is 13.1 Å². The fourth-order valence-corrected chi connectivity index (χ4v) is 2.66. The van der Waals surface area contributed by atoms with Gasteiger partial charge in [0.15, 0.2) is 5.17 Å². The molecule has 0 unspecified atom stereocenters. The van der Waals surface area contributed by atoms with Crippen molar-refractivity contribution in [3.05, 3.63) is 34.7 Å². The summed E-state index contributed by atoms with van der Waals surface area (Å²) in [7, 11) is -0.475. The van der Waals surface area contributed by atoms with Crippen molar-refractivity contribution in [3.8, 4) is 5.75 Å². The number of rotatable bonds is 6. The van der Waals surface area contributed by atoms with Crippen LogP contribution in [0.3, 0.4) is 0 Å². The van der Waals surface area contributed by atoms with Gasteiger partial charge in [-0.2, -0.15) is 5.10 Å².